The van der Waals surface area contributed by atoms with Crippen LogP contribution in [0.5, 0.6) is 0 Å². The van der Waals surface area contributed by atoms with Crippen molar-refractivity contribution in [1.29, 1.82) is 5.26 Å². The molecule has 2 aromatic rings. The molecule has 20 heavy (non-hydrogen) atoms. The zero-order chi connectivity index (χ0) is 14.5. The van der Waals surface area contributed by atoms with Crippen molar-refractivity contribution in [2.45, 2.75) is 13.8 Å². The van der Waals surface area contributed by atoms with Crippen molar-refractivity contribution >= 4 is 17.5 Å². The van der Waals surface area contributed by atoms with Gasteiger partial charge in [-0.25, -0.2) is 4.98 Å². The topological polar surface area (TPSA) is 64.8 Å². The lowest BCUT2D eigenvalue weighted by Crippen LogP contribution is -2.14. The van der Waals surface area contributed by atoms with Crippen LogP contribution in [0.25, 0.3) is 0 Å². The lowest BCUT2D eigenvalue weighted by molar-refractivity contribution is 1.03. The number of rotatable bonds is 4. The Kier molecular flexibility index (Phi) is 4.16. The first kappa shape index (κ1) is 13.8. The van der Waals surface area contributed by atoms with E-state index in [0.717, 1.165) is 23.6 Å². The van der Waals surface area contributed by atoms with Crippen molar-refractivity contribution in [3.63, 3.8) is 0 Å². The van der Waals surface area contributed by atoms with Crippen LogP contribution in [0, 0.1) is 18.3 Å². The molecular weight excluding hydrogens is 250 g/mol. The van der Waals surface area contributed by atoms with Crippen LogP contribution >= 0.6 is 0 Å². The molecule has 0 spiro atoms. The fourth-order valence-electron chi connectivity index (χ4n) is 1.90. The third-order valence-electron chi connectivity index (χ3n) is 2.98. The van der Waals surface area contributed by atoms with Crippen molar-refractivity contribution in [3.8, 4) is 6.07 Å². The smallest absolute Gasteiger partial charge is 0.224 e. The van der Waals surface area contributed by atoms with Crippen LogP contribution in [0.1, 0.15) is 18.1 Å². The molecule has 5 nitrogen and oxygen atoms in total. The van der Waals surface area contributed by atoms with Crippen molar-refractivity contribution in [3.05, 3.63) is 41.6 Å². The monoisotopic (exact) mass is 267 g/mol. The second-order valence-corrected chi connectivity index (χ2v) is 4.45. The van der Waals surface area contributed by atoms with E-state index in [1.54, 1.807) is 18.3 Å². The zero-order valence-corrected chi connectivity index (χ0v) is 11.9. The predicted molar refractivity (Wildman–Crippen MR) is 80.2 cm³/mol. The van der Waals surface area contributed by atoms with Gasteiger partial charge < -0.3 is 10.2 Å². The first-order chi connectivity index (χ1) is 9.65. The maximum Gasteiger partial charge on any atom is 0.224 e. The summed E-state index contributed by atoms with van der Waals surface area (Å²) in [5.41, 5.74) is 2.63. The Labute approximate surface area is 118 Å². The Morgan fingerprint density at radius 2 is 2.00 bits per heavy atom. The van der Waals surface area contributed by atoms with Gasteiger partial charge in [0.1, 0.15) is 5.82 Å². The normalized spacial score (nSPS) is 9.90. The second kappa shape index (κ2) is 6.02. The number of anilines is 3. The lowest BCUT2D eigenvalue weighted by atomic mass is 10.2. The third kappa shape index (κ3) is 2.86. The van der Waals surface area contributed by atoms with Gasteiger partial charge in [0, 0.05) is 31.0 Å². The summed E-state index contributed by atoms with van der Waals surface area (Å²) in [6.07, 6.45) is 1.81. The van der Waals surface area contributed by atoms with E-state index in [1.807, 2.05) is 37.9 Å². The maximum absolute atomic E-state index is 8.83. The minimum absolute atomic E-state index is 0.619. The van der Waals surface area contributed by atoms with Crippen LogP contribution in [0.15, 0.2) is 30.5 Å². The summed E-state index contributed by atoms with van der Waals surface area (Å²) in [6, 6.07) is 9.53. The second-order valence-electron chi connectivity index (χ2n) is 4.45. The molecule has 1 heterocycles. The molecule has 102 valence electrons. The molecule has 0 unspecified atom stereocenters. The lowest BCUT2D eigenvalue weighted by Gasteiger charge is -2.20. The molecule has 1 N–H and O–H groups in total. The minimum atomic E-state index is 0.619. The molecule has 0 aliphatic rings. The molecule has 0 atom stereocenters. The Morgan fingerprint density at radius 3 is 2.60 bits per heavy atom. The molecular formula is C15H17N5. The van der Waals surface area contributed by atoms with Crippen molar-refractivity contribution in [2.75, 3.05) is 23.8 Å². The summed E-state index contributed by atoms with van der Waals surface area (Å²) in [6.45, 7) is 4.77. The Balaban J connectivity index is 2.33. The number of nitrogens with zero attached hydrogens (tertiary/aromatic N) is 4. The number of aromatic nitrogens is 2. The highest BCUT2D eigenvalue weighted by Gasteiger charge is 2.10. The molecule has 0 fully saturated rings. The van der Waals surface area contributed by atoms with E-state index < -0.39 is 0 Å². The van der Waals surface area contributed by atoms with E-state index in [9.17, 15) is 0 Å². The largest absolute Gasteiger partial charge is 0.354 e. The zero-order valence-electron chi connectivity index (χ0n) is 11.9. The SMILES string of the molecule is CCNc1ncc(C)c(N(C)c2ccc(C#N)cc2)n1. The highest BCUT2D eigenvalue weighted by molar-refractivity contribution is 5.63. The van der Waals surface area contributed by atoms with E-state index >= 15 is 0 Å². The molecule has 2 rings (SSSR count). The molecule has 0 radical (unpaired) electrons. The molecule has 0 saturated heterocycles. The van der Waals surface area contributed by atoms with Crippen LogP contribution in [0.4, 0.5) is 17.5 Å². The van der Waals surface area contributed by atoms with Crippen molar-refractivity contribution < 1.29 is 0 Å². The van der Waals surface area contributed by atoms with Gasteiger partial charge in [-0.2, -0.15) is 10.2 Å². The van der Waals surface area contributed by atoms with E-state index in [2.05, 4.69) is 21.4 Å². The summed E-state index contributed by atoms with van der Waals surface area (Å²) < 4.78 is 0. The number of aryl methyl sites for hydroxylation is 1. The summed E-state index contributed by atoms with van der Waals surface area (Å²) in [5, 5.41) is 11.9. The van der Waals surface area contributed by atoms with Gasteiger partial charge in [0.15, 0.2) is 0 Å². The minimum Gasteiger partial charge on any atom is -0.354 e. The molecule has 0 bridgehead atoms. The van der Waals surface area contributed by atoms with E-state index in [4.69, 9.17) is 5.26 Å². The van der Waals surface area contributed by atoms with Crippen LogP contribution in [0.2, 0.25) is 0 Å². The quantitative estimate of drug-likeness (QED) is 0.922. The molecule has 0 saturated carbocycles. The van der Waals surface area contributed by atoms with Gasteiger partial charge in [0.05, 0.1) is 11.6 Å². The predicted octanol–water partition coefficient (Wildman–Crippen LogP) is 2.86. The average Bonchev–Trinajstić information content (AvgIpc) is 2.49. The molecule has 1 aromatic carbocycles. The van der Waals surface area contributed by atoms with Crippen molar-refractivity contribution in [1.82, 2.24) is 9.97 Å². The number of nitriles is 1. The number of hydrogen-bond acceptors (Lipinski definition) is 5. The van der Waals surface area contributed by atoms with Gasteiger partial charge in [-0.15, -0.1) is 0 Å². The van der Waals surface area contributed by atoms with Gasteiger partial charge >= 0.3 is 0 Å². The van der Waals surface area contributed by atoms with Crippen LogP contribution in [0.3, 0.4) is 0 Å². The summed E-state index contributed by atoms with van der Waals surface area (Å²) in [7, 11) is 1.95. The van der Waals surface area contributed by atoms with Gasteiger partial charge in [-0.05, 0) is 38.1 Å². The van der Waals surface area contributed by atoms with E-state index in [0.29, 0.717) is 11.5 Å². The summed E-state index contributed by atoms with van der Waals surface area (Å²) >= 11 is 0. The first-order valence-corrected chi connectivity index (χ1v) is 6.47. The summed E-state index contributed by atoms with van der Waals surface area (Å²) in [4.78, 5) is 10.7. The Hall–Kier alpha value is -2.61. The Morgan fingerprint density at radius 1 is 1.30 bits per heavy atom. The third-order valence-corrected chi connectivity index (χ3v) is 2.98. The highest BCUT2D eigenvalue weighted by atomic mass is 15.2. The van der Waals surface area contributed by atoms with Gasteiger partial charge in [-0.3, -0.25) is 0 Å². The number of hydrogen-bond donors (Lipinski definition) is 1. The highest BCUT2D eigenvalue weighted by Crippen LogP contribution is 2.25. The molecule has 0 amide bonds. The average molecular weight is 267 g/mol. The number of nitrogens with one attached hydrogen (secondary N) is 1. The first-order valence-electron chi connectivity index (χ1n) is 6.47. The van der Waals surface area contributed by atoms with Crippen LogP contribution < -0.4 is 10.2 Å². The van der Waals surface area contributed by atoms with E-state index in [1.165, 1.54) is 0 Å². The summed E-state index contributed by atoms with van der Waals surface area (Å²) in [5.74, 6) is 1.47. The molecule has 0 aliphatic carbocycles. The molecule has 5 heteroatoms. The maximum atomic E-state index is 8.83. The van der Waals surface area contributed by atoms with Crippen LogP contribution in [-0.4, -0.2) is 23.6 Å². The molecule has 1 aromatic heterocycles. The van der Waals surface area contributed by atoms with Gasteiger partial charge in [0.2, 0.25) is 5.95 Å². The van der Waals surface area contributed by atoms with Crippen LogP contribution in [-0.2, 0) is 0 Å². The van der Waals surface area contributed by atoms with Gasteiger partial charge in [0.25, 0.3) is 0 Å². The Bertz CT molecular complexity index is 628. The molecule has 0 aliphatic heterocycles. The number of benzene rings is 1. The van der Waals surface area contributed by atoms with Crippen molar-refractivity contribution in [2.24, 2.45) is 0 Å². The van der Waals surface area contributed by atoms with Gasteiger partial charge in [-0.1, -0.05) is 0 Å². The van der Waals surface area contributed by atoms with E-state index in [-0.39, 0.29) is 0 Å². The fourth-order valence-corrected chi connectivity index (χ4v) is 1.90. The fraction of sp³-hybridized carbons (Fsp3) is 0.267. The standard InChI is InChI=1S/C15H17N5/c1-4-17-15-18-10-11(2)14(19-15)20(3)13-7-5-12(9-16)6-8-13/h5-8,10H,4H2,1-3H3,(H,17,18,19).